The molecule has 176 valence electrons. The summed E-state index contributed by atoms with van der Waals surface area (Å²) in [6.07, 6.45) is 6.38. The van der Waals surface area contributed by atoms with Crippen molar-refractivity contribution in [1.82, 2.24) is 34.7 Å². The van der Waals surface area contributed by atoms with E-state index in [0.29, 0.717) is 33.7 Å². The molecule has 0 aliphatic heterocycles. The van der Waals surface area contributed by atoms with E-state index in [1.165, 1.54) is 46.5 Å². The molecule has 4 aromatic heterocycles. The Labute approximate surface area is 203 Å². The number of carbonyl (C=O) groups is 1. The number of nitrogens with zero attached hydrogens (tertiary/aromatic N) is 7. The van der Waals surface area contributed by atoms with E-state index in [4.69, 9.17) is 11.6 Å². The lowest BCUT2D eigenvalue weighted by atomic mass is 10.1. The van der Waals surface area contributed by atoms with Gasteiger partial charge in [0.05, 0.1) is 70.4 Å². The summed E-state index contributed by atoms with van der Waals surface area (Å²) in [6, 6.07) is 8.79. The van der Waals surface area contributed by atoms with Gasteiger partial charge in [0.25, 0.3) is 5.91 Å². The van der Waals surface area contributed by atoms with Crippen LogP contribution in [0.3, 0.4) is 0 Å². The number of anilines is 1. The summed E-state index contributed by atoms with van der Waals surface area (Å²) in [6.45, 7) is 0.676. The number of amides is 1. The largest absolute Gasteiger partial charge is 0.387 e. The summed E-state index contributed by atoms with van der Waals surface area (Å²) in [7, 11) is 0. The highest BCUT2D eigenvalue weighted by Gasteiger charge is 2.21. The standard InChI is InChI=1S/C23H18ClFN8O2/c1-13(34)21-16-5-3-2-4-15(16)20(12-26-21)32-19(9-25)17(11-30-32)23(35)31-14-8-18(24)22(27-10-14)33-28-6-7-29-33/h2-8,10-13,34H,9H2,1H3,(H,31,35)/t13-/m0/s1. The van der Waals surface area contributed by atoms with E-state index in [1.54, 1.807) is 6.92 Å². The molecule has 1 atom stereocenters. The third kappa shape index (κ3) is 4.11. The first-order valence-electron chi connectivity index (χ1n) is 10.5. The van der Waals surface area contributed by atoms with E-state index >= 15 is 0 Å². The Morgan fingerprint density at radius 3 is 2.54 bits per heavy atom. The minimum atomic E-state index is -0.946. The second-order valence-electron chi connectivity index (χ2n) is 7.60. The number of pyridine rings is 2. The molecule has 1 aromatic carbocycles. The van der Waals surface area contributed by atoms with Gasteiger partial charge in [-0.15, -0.1) is 4.80 Å². The van der Waals surface area contributed by atoms with Gasteiger partial charge >= 0.3 is 0 Å². The zero-order valence-electron chi connectivity index (χ0n) is 18.3. The summed E-state index contributed by atoms with van der Waals surface area (Å²) < 4.78 is 15.5. The predicted octanol–water partition coefficient (Wildman–Crippen LogP) is 3.82. The van der Waals surface area contributed by atoms with Crippen molar-refractivity contribution in [3.63, 3.8) is 0 Å². The number of hydrogen-bond acceptors (Lipinski definition) is 7. The Kier molecular flexibility index (Phi) is 5.93. The van der Waals surface area contributed by atoms with Crippen molar-refractivity contribution < 1.29 is 14.3 Å². The molecule has 2 N–H and O–H groups in total. The van der Waals surface area contributed by atoms with Gasteiger partial charge in [-0.05, 0) is 13.0 Å². The molecule has 0 aliphatic rings. The molecule has 5 rings (SSSR count). The van der Waals surface area contributed by atoms with Gasteiger partial charge in [-0.1, -0.05) is 35.9 Å². The zero-order valence-corrected chi connectivity index (χ0v) is 19.1. The van der Waals surface area contributed by atoms with Crippen LogP contribution in [0.1, 0.15) is 34.8 Å². The summed E-state index contributed by atoms with van der Waals surface area (Å²) in [5.74, 6) is -0.281. The molecule has 1 amide bonds. The van der Waals surface area contributed by atoms with Gasteiger partial charge < -0.3 is 10.4 Å². The fourth-order valence-electron chi connectivity index (χ4n) is 3.77. The Hall–Kier alpha value is -4.22. The molecule has 5 aromatic rings. The molecule has 35 heavy (non-hydrogen) atoms. The first-order valence-corrected chi connectivity index (χ1v) is 10.9. The average molecular weight is 493 g/mol. The number of aliphatic hydroxyl groups is 1. The van der Waals surface area contributed by atoms with Crippen molar-refractivity contribution in [1.29, 1.82) is 0 Å². The van der Waals surface area contributed by atoms with Crippen LogP contribution in [0, 0.1) is 0 Å². The van der Waals surface area contributed by atoms with Gasteiger partial charge in [0.1, 0.15) is 6.67 Å². The molecular weight excluding hydrogens is 475 g/mol. The summed E-state index contributed by atoms with van der Waals surface area (Å²) in [5.41, 5.74) is 1.38. The highest BCUT2D eigenvalue weighted by atomic mass is 35.5. The number of halogens is 2. The average Bonchev–Trinajstić information content (AvgIpc) is 3.53. The van der Waals surface area contributed by atoms with E-state index in [9.17, 15) is 14.3 Å². The summed E-state index contributed by atoms with van der Waals surface area (Å²) in [5, 5.41) is 26.6. The minimum absolute atomic E-state index is 0.0464. The molecule has 4 heterocycles. The topological polar surface area (TPSA) is 124 Å². The molecule has 12 heteroatoms. The second-order valence-corrected chi connectivity index (χ2v) is 8.01. The summed E-state index contributed by atoms with van der Waals surface area (Å²) in [4.78, 5) is 22.8. The van der Waals surface area contributed by atoms with Crippen LogP contribution in [0.15, 0.2) is 61.3 Å². The van der Waals surface area contributed by atoms with Gasteiger partial charge in [0.15, 0.2) is 5.82 Å². The normalized spacial score (nSPS) is 12.1. The second kappa shape index (κ2) is 9.20. The van der Waals surface area contributed by atoms with Crippen LogP contribution in [0.25, 0.3) is 22.3 Å². The van der Waals surface area contributed by atoms with Crippen molar-refractivity contribution in [2.24, 2.45) is 0 Å². The van der Waals surface area contributed by atoms with Crippen LogP contribution in [-0.4, -0.2) is 45.8 Å². The molecule has 0 fully saturated rings. The number of carbonyl (C=O) groups excluding carboxylic acids is 1. The minimum Gasteiger partial charge on any atom is -0.387 e. The van der Waals surface area contributed by atoms with E-state index in [2.05, 4.69) is 30.6 Å². The molecule has 10 nitrogen and oxygen atoms in total. The molecule has 0 unspecified atom stereocenters. The van der Waals surface area contributed by atoms with Gasteiger partial charge in [0, 0.05) is 10.8 Å². The van der Waals surface area contributed by atoms with Crippen LogP contribution < -0.4 is 5.32 Å². The van der Waals surface area contributed by atoms with Crippen LogP contribution in [-0.2, 0) is 6.67 Å². The molecule has 0 spiro atoms. The molecular formula is C23H18ClFN8O2. The van der Waals surface area contributed by atoms with Crippen molar-refractivity contribution in [3.05, 3.63) is 83.3 Å². The van der Waals surface area contributed by atoms with Crippen LogP contribution in [0.2, 0.25) is 5.02 Å². The smallest absolute Gasteiger partial charge is 0.259 e. The highest BCUT2D eigenvalue weighted by molar-refractivity contribution is 6.32. The number of nitrogens with one attached hydrogen (secondary N) is 1. The molecule has 0 saturated carbocycles. The van der Waals surface area contributed by atoms with Crippen molar-refractivity contribution in [2.45, 2.75) is 19.7 Å². The maximum atomic E-state index is 14.2. The number of benzene rings is 1. The van der Waals surface area contributed by atoms with E-state index in [-0.39, 0.29) is 16.3 Å². The number of fused-ring (bicyclic) bond motifs is 1. The molecule has 0 bridgehead atoms. The fraction of sp³-hybridized carbons (Fsp3) is 0.130. The van der Waals surface area contributed by atoms with Gasteiger partial charge in [-0.25, -0.2) is 14.1 Å². The van der Waals surface area contributed by atoms with Crippen molar-refractivity contribution >= 4 is 34.0 Å². The Morgan fingerprint density at radius 1 is 1.11 bits per heavy atom. The van der Waals surface area contributed by atoms with Crippen molar-refractivity contribution in [3.8, 4) is 11.5 Å². The van der Waals surface area contributed by atoms with Crippen LogP contribution in [0.4, 0.5) is 10.1 Å². The van der Waals surface area contributed by atoms with Gasteiger partial charge in [-0.2, -0.15) is 15.3 Å². The van der Waals surface area contributed by atoms with Crippen LogP contribution in [0.5, 0.6) is 0 Å². The van der Waals surface area contributed by atoms with Crippen molar-refractivity contribution in [2.75, 3.05) is 5.32 Å². The number of aromatic nitrogens is 7. The van der Waals surface area contributed by atoms with Gasteiger partial charge in [0.2, 0.25) is 0 Å². The first kappa shape index (κ1) is 22.6. The number of alkyl halides is 1. The predicted molar refractivity (Wildman–Crippen MR) is 126 cm³/mol. The lowest BCUT2D eigenvalue weighted by molar-refractivity contribution is 0.102. The SMILES string of the molecule is C[C@H](O)c1ncc(-n2ncc(C(=O)Nc3cnc(-n4nccn4)c(Cl)c3)c2CF)c2ccccc12. The third-order valence-electron chi connectivity index (χ3n) is 5.36. The summed E-state index contributed by atoms with van der Waals surface area (Å²) >= 11 is 6.27. The lowest BCUT2D eigenvalue weighted by Crippen LogP contribution is -2.15. The molecule has 0 radical (unpaired) electrons. The Morgan fingerprint density at radius 2 is 1.86 bits per heavy atom. The van der Waals surface area contributed by atoms with E-state index in [0.717, 1.165) is 0 Å². The zero-order chi connectivity index (χ0) is 24.5. The number of aliphatic hydroxyl groups excluding tert-OH is 1. The third-order valence-corrected chi connectivity index (χ3v) is 5.63. The van der Waals surface area contributed by atoms with E-state index in [1.807, 2.05) is 24.3 Å². The Bertz CT molecular complexity index is 1530. The van der Waals surface area contributed by atoms with Gasteiger partial charge in [-0.3, -0.25) is 9.78 Å². The number of rotatable bonds is 6. The first-order chi connectivity index (χ1) is 17.0. The number of hydrogen-bond donors (Lipinski definition) is 2. The maximum Gasteiger partial charge on any atom is 0.259 e. The molecule has 0 aliphatic carbocycles. The quantitative estimate of drug-likeness (QED) is 0.369. The fourth-order valence-corrected chi connectivity index (χ4v) is 4.01. The highest BCUT2D eigenvalue weighted by Crippen LogP contribution is 2.29. The Balaban J connectivity index is 1.49. The monoisotopic (exact) mass is 492 g/mol. The lowest BCUT2D eigenvalue weighted by Gasteiger charge is -2.14. The molecule has 0 saturated heterocycles. The maximum absolute atomic E-state index is 14.2. The van der Waals surface area contributed by atoms with E-state index < -0.39 is 18.7 Å². The van der Waals surface area contributed by atoms with Crippen LogP contribution >= 0.6 is 11.6 Å².